The van der Waals surface area contributed by atoms with Gasteiger partial charge >= 0.3 is 0 Å². The third-order valence-corrected chi connectivity index (χ3v) is 6.02. The molecule has 0 radical (unpaired) electrons. The first-order valence-corrected chi connectivity index (χ1v) is 10.7. The minimum Gasteiger partial charge on any atom is -0.354 e. The van der Waals surface area contributed by atoms with Crippen molar-refractivity contribution < 1.29 is 0 Å². The van der Waals surface area contributed by atoms with Gasteiger partial charge in [-0.15, -0.1) is 0 Å². The second-order valence-electron chi connectivity index (χ2n) is 8.19. The molecule has 1 fully saturated rings. The summed E-state index contributed by atoms with van der Waals surface area (Å²) in [6.45, 7) is 8.14. The topological polar surface area (TPSA) is 73.0 Å². The molecule has 2 aromatic heterocycles. The average molecular weight is 414 g/mol. The van der Waals surface area contributed by atoms with Crippen molar-refractivity contribution in [2.75, 3.05) is 43.4 Å². The Bertz CT molecular complexity index is 1220. The molecule has 5 rings (SSSR count). The molecule has 31 heavy (non-hydrogen) atoms. The molecule has 0 aliphatic carbocycles. The van der Waals surface area contributed by atoms with Crippen molar-refractivity contribution in [2.45, 2.75) is 13.8 Å². The molecule has 2 aromatic carbocycles. The van der Waals surface area contributed by atoms with Crippen molar-refractivity contribution in [3.05, 3.63) is 59.7 Å². The Hall–Kier alpha value is -3.45. The lowest BCUT2D eigenvalue weighted by molar-refractivity contribution is 0.312. The summed E-state index contributed by atoms with van der Waals surface area (Å²) in [5.41, 5.74) is 4.24. The normalized spacial score (nSPS) is 14.9. The van der Waals surface area contributed by atoms with E-state index in [9.17, 15) is 0 Å². The van der Waals surface area contributed by atoms with Crippen molar-refractivity contribution in [1.82, 2.24) is 25.1 Å². The van der Waals surface area contributed by atoms with Gasteiger partial charge in [-0.25, -0.2) is 9.97 Å². The van der Waals surface area contributed by atoms with E-state index in [0.29, 0.717) is 0 Å². The number of benzene rings is 2. The third kappa shape index (κ3) is 3.72. The van der Waals surface area contributed by atoms with Crippen molar-refractivity contribution in [1.29, 1.82) is 0 Å². The van der Waals surface area contributed by atoms with Crippen LogP contribution in [0.4, 0.5) is 17.5 Å². The molecule has 0 saturated carbocycles. The number of aryl methyl sites for hydroxylation is 1. The fourth-order valence-electron chi connectivity index (χ4n) is 4.07. The van der Waals surface area contributed by atoms with E-state index in [4.69, 9.17) is 9.97 Å². The molecule has 158 valence electrons. The lowest BCUT2D eigenvalue weighted by atomic mass is 10.1. The summed E-state index contributed by atoms with van der Waals surface area (Å²) >= 11 is 0. The number of hydrogen-bond acceptors (Lipinski definition) is 6. The molecule has 1 aliphatic rings. The van der Waals surface area contributed by atoms with Crippen LogP contribution in [0.2, 0.25) is 0 Å². The maximum absolute atomic E-state index is 5.03. The largest absolute Gasteiger partial charge is 0.354 e. The van der Waals surface area contributed by atoms with E-state index in [2.05, 4.69) is 64.4 Å². The predicted molar refractivity (Wildman–Crippen MR) is 126 cm³/mol. The molecule has 7 nitrogen and oxygen atoms in total. The molecular formula is C24H27N7. The van der Waals surface area contributed by atoms with Gasteiger partial charge in [-0.3, -0.25) is 5.10 Å². The number of nitrogens with one attached hydrogen (secondary N) is 2. The molecule has 7 heteroatoms. The van der Waals surface area contributed by atoms with Gasteiger partial charge in [0.25, 0.3) is 0 Å². The van der Waals surface area contributed by atoms with Crippen LogP contribution in [-0.4, -0.2) is 58.3 Å². The fourth-order valence-corrected chi connectivity index (χ4v) is 4.07. The maximum atomic E-state index is 5.03. The van der Waals surface area contributed by atoms with Crippen molar-refractivity contribution in [2.24, 2.45) is 0 Å². The quantitative estimate of drug-likeness (QED) is 0.524. The monoisotopic (exact) mass is 413 g/mol. The molecular weight excluding hydrogens is 386 g/mol. The number of aromatic nitrogens is 4. The van der Waals surface area contributed by atoms with Crippen LogP contribution >= 0.6 is 0 Å². The number of likely N-dealkylation sites (N-methyl/N-ethyl adjacent to an activating group) is 1. The van der Waals surface area contributed by atoms with E-state index >= 15 is 0 Å². The third-order valence-electron chi connectivity index (χ3n) is 6.02. The van der Waals surface area contributed by atoms with Crippen LogP contribution in [0.1, 0.15) is 11.1 Å². The van der Waals surface area contributed by atoms with E-state index in [0.717, 1.165) is 77.1 Å². The first-order chi connectivity index (χ1) is 15.1. The summed E-state index contributed by atoms with van der Waals surface area (Å²) in [5, 5.41) is 12.1. The van der Waals surface area contributed by atoms with Gasteiger partial charge in [0.15, 0.2) is 11.6 Å². The second-order valence-corrected chi connectivity index (χ2v) is 8.19. The SMILES string of the molecule is Cc1ccccc1-c1nc(Nc2n[nH]c3ccccc23)c(C)c(N2CCN(C)CC2)n1. The number of para-hydroxylation sites is 1. The summed E-state index contributed by atoms with van der Waals surface area (Å²) in [6, 6.07) is 16.4. The Morgan fingerprint density at radius 3 is 2.42 bits per heavy atom. The lowest BCUT2D eigenvalue weighted by Crippen LogP contribution is -2.45. The minimum absolute atomic E-state index is 0.736. The molecule has 2 N–H and O–H groups in total. The summed E-state index contributed by atoms with van der Waals surface area (Å²) in [5.74, 6) is 3.29. The van der Waals surface area contributed by atoms with Gasteiger partial charge in [0, 0.05) is 42.7 Å². The zero-order chi connectivity index (χ0) is 21.4. The van der Waals surface area contributed by atoms with Crippen LogP contribution in [0.25, 0.3) is 22.3 Å². The van der Waals surface area contributed by atoms with Gasteiger partial charge in [-0.1, -0.05) is 36.4 Å². The first-order valence-electron chi connectivity index (χ1n) is 10.7. The summed E-state index contributed by atoms with van der Waals surface area (Å²) in [6.07, 6.45) is 0. The smallest absolute Gasteiger partial charge is 0.164 e. The van der Waals surface area contributed by atoms with Crippen LogP contribution < -0.4 is 10.2 Å². The van der Waals surface area contributed by atoms with Crippen LogP contribution in [0.5, 0.6) is 0 Å². The van der Waals surface area contributed by atoms with E-state index in [1.165, 1.54) is 0 Å². The number of fused-ring (bicyclic) bond motifs is 1. The Morgan fingerprint density at radius 2 is 1.61 bits per heavy atom. The highest BCUT2D eigenvalue weighted by Gasteiger charge is 2.22. The van der Waals surface area contributed by atoms with Crippen molar-refractivity contribution in [3.8, 4) is 11.4 Å². The number of aromatic amines is 1. The summed E-state index contributed by atoms with van der Waals surface area (Å²) in [4.78, 5) is 14.7. The summed E-state index contributed by atoms with van der Waals surface area (Å²) in [7, 11) is 2.17. The number of hydrogen-bond donors (Lipinski definition) is 2. The van der Waals surface area contributed by atoms with E-state index < -0.39 is 0 Å². The molecule has 3 heterocycles. The van der Waals surface area contributed by atoms with Gasteiger partial charge < -0.3 is 15.1 Å². The minimum atomic E-state index is 0.736. The summed E-state index contributed by atoms with van der Waals surface area (Å²) < 4.78 is 0. The van der Waals surface area contributed by atoms with E-state index in [-0.39, 0.29) is 0 Å². The Kier molecular flexibility index (Phi) is 5.03. The van der Waals surface area contributed by atoms with E-state index in [1.54, 1.807) is 0 Å². The Labute approximate surface area is 182 Å². The number of rotatable bonds is 4. The highest BCUT2D eigenvalue weighted by atomic mass is 15.3. The Morgan fingerprint density at radius 1 is 0.871 bits per heavy atom. The number of piperazine rings is 1. The zero-order valence-corrected chi connectivity index (χ0v) is 18.2. The standard InChI is InChI=1S/C24H27N7/c1-16-8-4-5-9-18(16)22-25-21(26-23-19-10-6-7-11-20(19)28-29-23)17(2)24(27-22)31-14-12-30(3)13-15-31/h4-11H,12-15H2,1-3H3,(H2,25,26,27,28,29). The molecule has 0 amide bonds. The molecule has 4 aromatic rings. The van der Waals surface area contributed by atoms with Crippen LogP contribution in [0.15, 0.2) is 48.5 Å². The highest BCUT2D eigenvalue weighted by Crippen LogP contribution is 2.32. The van der Waals surface area contributed by atoms with Gasteiger partial charge in [0.1, 0.15) is 11.6 Å². The zero-order valence-electron chi connectivity index (χ0n) is 18.2. The fraction of sp³-hybridized carbons (Fsp3) is 0.292. The lowest BCUT2D eigenvalue weighted by Gasteiger charge is -2.34. The van der Waals surface area contributed by atoms with Crippen molar-refractivity contribution in [3.63, 3.8) is 0 Å². The number of nitrogens with zero attached hydrogens (tertiary/aromatic N) is 5. The molecule has 0 atom stereocenters. The van der Waals surface area contributed by atoms with Crippen LogP contribution in [0.3, 0.4) is 0 Å². The second kappa shape index (κ2) is 8.00. The predicted octanol–water partition coefficient (Wildman–Crippen LogP) is 4.13. The molecule has 1 aliphatic heterocycles. The highest BCUT2D eigenvalue weighted by molar-refractivity contribution is 5.91. The van der Waals surface area contributed by atoms with Crippen LogP contribution in [0, 0.1) is 13.8 Å². The van der Waals surface area contributed by atoms with Gasteiger partial charge in [-0.2, -0.15) is 5.10 Å². The van der Waals surface area contributed by atoms with Gasteiger partial charge in [-0.05, 0) is 38.6 Å². The molecule has 0 unspecified atom stereocenters. The van der Waals surface area contributed by atoms with Gasteiger partial charge in [0.2, 0.25) is 0 Å². The average Bonchev–Trinajstić information content (AvgIpc) is 3.19. The molecule has 0 bridgehead atoms. The molecule has 1 saturated heterocycles. The van der Waals surface area contributed by atoms with E-state index in [1.807, 2.05) is 30.3 Å². The molecule has 0 spiro atoms. The number of H-pyrrole nitrogens is 1. The number of anilines is 3. The Balaban J connectivity index is 1.61. The van der Waals surface area contributed by atoms with Crippen LogP contribution in [-0.2, 0) is 0 Å². The first kappa shape index (κ1) is 19.5. The van der Waals surface area contributed by atoms with Crippen molar-refractivity contribution >= 4 is 28.4 Å². The van der Waals surface area contributed by atoms with Gasteiger partial charge in [0.05, 0.1) is 5.52 Å². The maximum Gasteiger partial charge on any atom is 0.164 e.